The van der Waals surface area contributed by atoms with Gasteiger partial charge in [0.2, 0.25) is 11.7 Å². The first-order chi connectivity index (χ1) is 16.3. The van der Waals surface area contributed by atoms with Crippen LogP contribution in [0.4, 0.5) is 23.1 Å². The Labute approximate surface area is 202 Å². The van der Waals surface area contributed by atoms with Crippen molar-refractivity contribution in [2.24, 2.45) is 0 Å². The number of aliphatic hydroxyl groups excluding tert-OH is 1. The van der Waals surface area contributed by atoms with Gasteiger partial charge in [0.1, 0.15) is 0 Å². The van der Waals surface area contributed by atoms with Crippen molar-refractivity contribution in [1.29, 1.82) is 0 Å². The van der Waals surface area contributed by atoms with Gasteiger partial charge >= 0.3 is 0 Å². The number of hydrogen-bond donors (Lipinski definition) is 4. The molecule has 2 atom stereocenters. The number of methoxy groups -OCH3 is 1. The maximum Gasteiger partial charge on any atom is 0.221 e. The molecule has 1 aliphatic rings. The zero-order valence-corrected chi connectivity index (χ0v) is 20.4. The Morgan fingerprint density at radius 3 is 2.68 bits per heavy atom. The average molecular weight is 484 g/mol. The van der Waals surface area contributed by atoms with Crippen molar-refractivity contribution in [3.8, 4) is 5.75 Å². The number of amides is 1. The minimum atomic E-state index is -0.320. The van der Waals surface area contributed by atoms with Crippen LogP contribution in [-0.4, -0.2) is 57.0 Å². The summed E-state index contributed by atoms with van der Waals surface area (Å²) in [4.78, 5) is 23.9. The second kappa shape index (κ2) is 10.3. The Kier molecular flexibility index (Phi) is 7.23. The van der Waals surface area contributed by atoms with Crippen LogP contribution in [0.3, 0.4) is 0 Å². The van der Waals surface area contributed by atoms with Gasteiger partial charge in [0.15, 0.2) is 22.6 Å². The van der Waals surface area contributed by atoms with Gasteiger partial charge in [-0.1, -0.05) is 0 Å². The summed E-state index contributed by atoms with van der Waals surface area (Å²) in [6, 6.07) is 9.47. The Hall–Kier alpha value is -3.31. The van der Waals surface area contributed by atoms with E-state index in [1.165, 1.54) is 18.7 Å². The van der Waals surface area contributed by atoms with Crippen LogP contribution >= 0.6 is 11.8 Å². The number of ether oxygens (including phenoxy) is 1. The number of H-pyrrole nitrogens is 1. The SMILES string of the molecule is COc1c(Nc2cc(C)[nH]n2)nc(Sc2ccc(NC(C)=O)cc2)nc1N1CCC(O)CC1C. The van der Waals surface area contributed by atoms with Crippen LogP contribution in [0.2, 0.25) is 0 Å². The van der Waals surface area contributed by atoms with E-state index in [0.29, 0.717) is 47.7 Å². The van der Waals surface area contributed by atoms with E-state index in [9.17, 15) is 9.90 Å². The van der Waals surface area contributed by atoms with Crippen LogP contribution in [0.15, 0.2) is 40.4 Å². The van der Waals surface area contributed by atoms with Crippen molar-refractivity contribution in [3.05, 3.63) is 36.0 Å². The van der Waals surface area contributed by atoms with Gasteiger partial charge in [-0.15, -0.1) is 0 Å². The van der Waals surface area contributed by atoms with Gasteiger partial charge < -0.3 is 25.4 Å². The number of aromatic nitrogens is 4. The molecule has 180 valence electrons. The lowest BCUT2D eigenvalue weighted by Gasteiger charge is -2.37. The number of hydrogen-bond acceptors (Lipinski definition) is 9. The predicted molar refractivity (Wildman–Crippen MR) is 132 cm³/mol. The molecule has 0 saturated carbocycles. The number of aryl methyl sites for hydroxylation is 1. The molecule has 11 heteroatoms. The van der Waals surface area contributed by atoms with Crippen molar-refractivity contribution in [2.45, 2.75) is 55.8 Å². The third kappa shape index (κ3) is 5.60. The molecule has 0 radical (unpaired) electrons. The van der Waals surface area contributed by atoms with E-state index in [4.69, 9.17) is 14.7 Å². The fourth-order valence-corrected chi connectivity index (χ4v) is 4.66. The van der Waals surface area contributed by atoms with E-state index in [-0.39, 0.29) is 18.1 Å². The van der Waals surface area contributed by atoms with Gasteiger partial charge in [-0.25, -0.2) is 9.97 Å². The summed E-state index contributed by atoms with van der Waals surface area (Å²) in [5.74, 6) is 2.21. The molecule has 0 aliphatic carbocycles. The molecular weight excluding hydrogens is 454 g/mol. The summed E-state index contributed by atoms with van der Waals surface area (Å²) in [6.45, 7) is 6.13. The molecule has 3 aromatic rings. The van der Waals surface area contributed by atoms with Crippen LogP contribution in [0.25, 0.3) is 0 Å². The Bertz CT molecular complexity index is 1150. The van der Waals surface area contributed by atoms with E-state index in [0.717, 1.165) is 16.3 Å². The number of benzene rings is 1. The molecular formula is C23H29N7O3S. The average Bonchev–Trinajstić information content (AvgIpc) is 3.19. The number of rotatable bonds is 7. The zero-order chi connectivity index (χ0) is 24.2. The molecule has 4 rings (SSSR count). The molecule has 10 nitrogen and oxygen atoms in total. The normalized spacial score (nSPS) is 18.0. The summed E-state index contributed by atoms with van der Waals surface area (Å²) < 4.78 is 5.76. The molecule has 1 saturated heterocycles. The zero-order valence-electron chi connectivity index (χ0n) is 19.6. The molecule has 0 spiro atoms. The number of carbonyl (C=O) groups is 1. The van der Waals surface area contributed by atoms with Crippen molar-refractivity contribution < 1.29 is 14.6 Å². The highest BCUT2D eigenvalue weighted by molar-refractivity contribution is 7.99. The third-order valence-corrected chi connectivity index (χ3v) is 6.36. The molecule has 1 fully saturated rings. The molecule has 1 amide bonds. The summed E-state index contributed by atoms with van der Waals surface area (Å²) in [5, 5.41) is 23.8. The van der Waals surface area contributed by atoms with Crippen LogP contribution in [0.1, 0.15) is 32.4 Å². The molecule has 4 N–H and O–H groups in total. The summed E-state index contributed by atoms with van der Waals surface area (Å²) in [7, 11) is 1.60. The number of nitrogens with zero attached hydrogens (tertiary/aromatic N) is 4. The minimum Gasteiger partial charge on any atom is -0.490 e. The highest BCUT2D eigenvalue weighted by atomic mass is 32.2. The number of piperidine rings is 1. The van der Waals surface area contributed by atoms with Crippen LogP contribution in [0, 0.1) is 6.92 Å². The van der Waals surface area contributed by atoms with Gasteiger partial charge in [-0.05, 0) is 62.7 Å². The smallest absolute Gasteiger partial charge is 0.221 e. The highest BCUT2D eigenvalue weighted by Crippen LogP contribution is 2.40. The lowest BCUT2D eigenvalue weighted by Crippen LogP contribution is -2.43. The number of nitrogens with one attached hydrogen (secondary N) is 3. The third-order valence-electron chi connectivity index (χ3n) is 5.49. The quantitative estimate of drug-likeness (QED) is 0.372. The van der Waals surface area contributed by atoms with E-state index in [2.05, 4.69) is 32.7 Å². The molecule has 3 heterocycles. The lowest BCUT2D eigenvalue weighted by molar-refractivity contribution is -0.114. The second-order valence-electron chi connectivity index (χ2n) is 8.30. The van der Waals surface area contributed by atoms with Gasteiger partial charge in [0.25, 0.3) is 0 Å². The van der Waals surface area contributed by atoms with Crippen molar-refractivity contribution in [3.63, 3.8) is 0 Å². The maximum absolute atomic E-state index is 11.3. The predicted octanol–water partition coefficient (Wildman–Crippen LogP) is 3.72. The van der Waals surface area contributed by atoms with Gasteiger partial charge in [0, 0.05) is 41.9 Å². The summed E-state index contributed by atoms with van der Waals surface area (Å²) >= 11 is 1.41. The van der Waals surface area contributed by atoms with Crippen LogP contribution in [-0.2, 0) is 4.79 Å². The largest absolute Gasteiger partial charge is 0.490 e. The monoisotopic (exact) mass is 483 g/mol. The fraction of sp³-hybridized carbons (Fsp3) is 0.391. The maximum atomic E-state index is 11.3. The number of carbonyl (C=O) groups excluding carboxylic acids is 1. The summed E-state index contributed by atoms with van der Waals surface area (Å²) in [6.07, 6.45) is 0.993. The number of anilines is 4. The van der Waals surface area contributed by atoms with Gasteiger partial charge in [0.05, 0.1) is 13.2 Å². The molecule has 2 unspecified atom stereocenters. The van der Waals surface area contributed by atoms with Crippen LogP contribution < -0.4 is 20.3 Å². The first-order valence-electron chi connectivity index (χ1n) is 11.1. The van der Waals surface area contributed by atoms with Gasteiger partial charge in [-0.3, -0.25) is 9.89 Å². The highest BCUT2D eigenvalue weighted by Gasteiger charge is 2.29. The number of aliphatic hydroxyl groups is 1. The van der Waals surface area contributed by atoms with E-state index >= 15 is 0 Å². The standard InChI is InChI=1S/C23H29N7O3S/c1-13-11-19(29-28-13)25-21-20(33-4)22(30-10-9-17(32)12-14(30)2)27-23(26-21)34-18-7-5-16(6-8-18)24-15(3)31/h5-8,11,14,17,32H,9-10,12H2,1-4H3,(H,24,31)(H2,25,26,27,28,29). The van der Waals surface area contributed by atoms with Crippen molar-refractivity contribution in [1.82, 2.24) is 20.2 Å². The lowest BCUT2D eigenvalue weighted by atomic mass is 10.0. The Balaban J connectivity index is 1.70. The van der Waals surface area contributed by atoms with Crippen molar-refractivity contribution >= 4 is 40.8 Å². The first kappa shape index (κ1) is 23.8. The second-order valence-corrected chi connectivity index (χ2v) is 9.34. The van der Waals surface area contributed by atoms with E-state index < -0.39 is 0 Å². The first-order valence-corrected chi connectivity index (χ1v) is 11.9. The molecule has 0 bridgehead atoms. The molecule has 34 heavy (non-hydrogen) atoms. The summed E-state index contributed by atoms with van der Waals surface area (Å²) in [5.41, 5.74) is 1.65. The van der Waals surface area contributed by atoms with Crippen LogP contribution in [0.5, 0.6) is 5.75 Å². The molecule has 1 aliphatic heterocycles. The van der Waals surface area contributed by atoms with Gasteiger partial charge in [-0.2, -0.15) is 5.10 Å². The van der Waals surface area contributed by atoms with E-state index in [1.807, 2.05) is 37.3 Å². The Morgan fingerprint density at radius 1 is 1.29 bits per heavy atom. The Morgan fingerprint density at radius 2 is 2.06 bits per heavy atom. The molecule has 2 aromatic heterocycles. The van der Waals surface area contributed by atoms with E-state index in [1.54, 1.807) is 7.11 Å². The topological polar surface area (TPSA) is 128 Å². The van der Waals surface area contributed by atoms with Crippen molar-refractivity contribution in [2.75, 3.05) is 29.2 Å². The fourth-order valence-electron chi connectivity index (χ4n) is 3.91. The molecule has 1 aromatic carbocycles. The number of aromatic amines is 1. The minimum absolute atomic E-state index is 0.0859.